The van der Waals surface area contributed by atoms with Crippen LogP contribution in [0.3, 0.4) is 0 Å². The van der Waals surface area contributed by atoms with Gasteiger partial charge in [0.25, 0.3) is 0 Å². The lowest BCUT2D eigenvalue weighted by Crippen LogP contribution is -2.75. The van der Waals surface area contributed by atoms with E-state index in [1.54, 1.807) is 52.8 Å². The number of rotatable bonds is 15. The molecule has 14 rings (SSSR count). The molecule has 7 N–H and O–H groups in total. The molecule has 1 atom stereocenters. The van der Waals surface area contributed by atoms with Gasteiger partial charge >= 0.3 is 19.8 Å². The summed E-state index contributed by atoms with van der Waals surface area (Å²) >= 11 is 9.23. The highest BCUT2D eigenvalue weighted by Gasteiger charge is 2.51. The minimum atomic E-state index is -4.95. The second-order valence-electron chi connectivity index (χ2n) is 24.9. The highest BCUT2D eigenvalue weighted by Crippen LogP contribution is 2.57. The molecule has 0 amide bonds. The van der Waals surface area contributed by atoms with Crippen LogP contribution < -0.4 is 72.6 Å². The lowest BCUT2D eigenvalue weighted by Gasteiger charge is -2.36. The number of ketones is 1. The monoisotopic (exact) mass is 1520 g/mol. The number of phosphoric acid groups is 1. The molecule has 2 aliphatic rings. The van der Waals surface area contributed by atoms with Crippen LogP contribution in [0.5, 0.6) is 11.5 Å². The number of benzene rings is 12. The number of hydrogen-bond donors (Lipinski definition) is 5. The molecule has 12 aromatic rings. The molecule has 14 nitrogen and oxygen atoms in total. The Bertz CT molecular complexity index is 4890. The molecule has 0 bridgehead atoms. The smallest absolute Gasteiger partial charge is 0.466 e. The largest absolute Gasteiger partial charge is 0.584 e. The molecule has 2 heterocycles. The molecule has 12 aromatic carbocycles. The summed E-state index contributed by atoms with van der Waals surface area (Å²) in [6.07, 6.45) is 0.548. The fourth-order valence-electron chi connectivity index (χ4n) is 13.7. The number of thiocarbonyl (C=S) groups is 2. The van der Waals surface area contributed by atoms with Gasteiger partial charge in [0.05, 0.1) is 24.8 Å². The minimum Gasteiger partial charge on any atom is -0.466 e. The van der Waals surface area contributed by atoms with E-state index in [0.717, 1.165) is 74.2 Å². The number of halogens is 2. The summed E-state index contributed by atoms with van der Waals surface area (Å²) in [5.41, 5.74) is 13.7. The zero-order valence-electron chi connectivity index (χ0n) is 59.6. The first-order chi connectivity index (χ1) is 51.6. The lowest BCUT2D eigenvalue weighted by molar-refractivity contribution is -0.145. The maximum atomic E-state index is 15.4. The molecule has 0 saturated carbocycles. The van der Waals surface area contributed by atoms with Crippen molar-refractivity contribution in [2.75, 3.05) is 13.2 Å². The number of nitrogens with one attached hydrogen (secondary N) is 2. The molecule has 0 fully saturated rings. The van der Waals surface area contributed by atoms with Crippen LogP contribution in [0.4, 0.5) is 8.78 Å². The van der Waals surface area contributed by atoms with Crippen LogP contribution in [0.1, 0.15) is 67.2 Å². The van der Waals surface area contributed by atoms with E-state index < -0.39 is 42.0 Å². The molecule has 107 heavy (non-hydrogen) atoms. The number of Topliss-reactive ketones (excluding diaryl/α,β-unsaturated/α-hetero) is 1. The first-order valence-electron chi connectivity index (χ1n) is 34.4. The van der Waals surface area contributed by atoms with Crippen LogP contribution in [-0.2, 0) is 28.4 Å². The SMILES string of the molecule is CCOC(=O)C1=C(C)NC(=S)N[C@H]1c1cccc(F)c1C.CCOC(=O)CC(C)=O.Cc1c(F)cccc1C=O.NC(N)=S.O=P1(O)Oc2c([Si](c3ccccc3)(c3ccccc3)c3ccccc3)cc3ccccc3c2-c2c(c([Si](c3ccccc3)(c3ccccc3)c3ccccc3)cc3ccccc23)O1. The van der Waals surface area contributed by atoms with E-state index in [-0.39, 0.29) is 35.6 Å². The standard InChI is InChI=1S/C56H41O4PSi2.C15H17FN2O2S.C8H7FO.C6H10O3.CH4N2S/c57-61(58)59-55-51(62(43-25-7-1-8-26-43,44-27-9-2-10-28-44)45-29-11-3-12-30-45)39-41-23-19-21-37-49(41)53(55)54-50-38-22-20-24-42(50)40-52(56(54)60-61)63(46-31-13-4-14-32-46,47-33-15-5-16-34-47)48-35-17-6-18-36-48;1-4-20-14(19)12-9(3)17-15(21)18-13(12)10-6-5-7-11(16)8(10)2;1-6-7(5-10)3-2-4-8(6)9;1-3-9-6(8)4-5(2)7;2-1(3)4/h1-40H,(H,57,58);5-7,13H,4H2,1-3H3,(H2,17,18,21);2-5H,1H3;3-4H2,1-2H3;(H4,2,3,4)/t;13-;;;/m.0.../s1. The van der Waals surface area contributed by atoms with E-state index in [0.29, 0.717) is 63.0 Å². The molecule has 542 valence electrons. The van der Waals surface area contributed by atoms with Gasteiger partial charge in [0.2, 0.25) is 0 Å². The molecule has 0 aromatic heterocycles. The summed E-state index contributed by atoms with van der Waals surface area (Å²) in [7, 11) is -11.7. The van der Waals surface area contributed by atoms with E-state index in [1.165, 1.54) is 25.1 Å². The number of ether oxygens (including phenoxy) is 2. The number of hydrogen-bond acceptors (Lipinski definition) is 11. The van der Waals surface area contributed by atoms with Gasteiger partial charge in [-0.15, -0.1) is 0 Å². The van der Waals surface area contributed by atoms with Gasteiger partial charge < -0.3 is 40.6 Å². The summed E-state index contributed by atoms with van der Waals surface area (Å²) in [4.78, 5) is 55.6. The van der Waals surface area contributed by atoms with Crippen LogP contribution in [-0.4, -0.2) is 68.5 Å². The Balaban J connectivity index is 0.000000224. The number of phosphoric ester groups is 1. The number of carbonyl (C=O) groups excluding carboxylic acids is 4. The highest BCUT2D eigenvalue weighted by molar-refractivity contribution is 7.80. The minimum absolute atomic E-state index is 0.000000000000000222. The third-order valence-electron chi connectivity index (χ3n) is 18.2. The Morgan fingerprint density at radius 3 is 1.25 bits per heavy atom. The number of esters is 2. The Morgan fingerprint density at radius 1 is 0.542 bits per heavy atom. The van der Waals surface area contributed by atoms with Crippen molar-refractivity contribution < 1.29 is 55.9 Å². The molecule has 0 radical (unpaired) electrons. The Hall–Kier alpha value is -11.4. The molecule has 0 saturated heterocycles. The molecule has 0 spiro atoms. The Labute approximate surface area is 633 Å². The maximum absolute atomic E-state index is 15.4. The first kappa shape index (κ1) is 78.2. The van der Waals surface area contributed by atoms with Crippen LogP contribution in [0, 0.1) is 25.5 Å². The van der Waals surface area contributed by atoms with E-state index in [4.69, 9.17) is 26.0 Å². The van der Waals surface area contributed by atoms with Crippen LogP contribution in [0.2, 0.25) is 0 Å². The summed E-state index contributed by atoms with van der Waals surface area (Å²) in [5.74, 6) is -0.973. The number of carbonyl (C=O) groups is 4. The fourth-order valence-corrected chi connectivity index (χ4v) is 24.8. The summed E-state index contributed by atoms with van der Waals surface area (Å²) in [6, 6.07) is 93.4. The number of allylic oxidation sites excluding steroid dienone is 1. The van der Waals surface area contributed by atoms with Gasteiger partial charge in [-0.1, -0.05) is 267 Å². The third-order valence-corrected chi connectivity index (χ3v) is 28.8. The predicted octanol–water partition coefficient (Wildman–Crippen LogP) is 12.4. The second-order valence-corrected chi connectivity index (χ2v) is 34.7. The maximum Gasteiger partial charge on any atom is 0.584 e. The number of aldehydes is 1. The molecular weight excluding hydrogens is 1440 g/mol. The van der Waals surface area contributed by atoms with Gasteiger partial charge in [-0.05, 0) is 158 Å². The average Bonchev–Trinajstić information content (AvgIpc) is 1.69. The third kappa shape index (κ3) is 17.3. The van der Waals surface area contributed by atoms with Crippen molar-refractivity contribution in [2.24, 2.45) is 11.5 Å². The summed E-state index contributed by atoms with van der Waals surface area (Å²) < 4.78 is 65.0. The van der Waals surface area contributed by atoms with Gasteiger partial charge in [-0.3, -0.25) is 19.3 Å². The normalized spacial score (nSPS) is 13.2. The summed E-state index contributed by atoms with van der Waals surface area (Å²) in [5, 5.41) is 18.5. The zero-order chi connectivity index (χ0) is 76.4. The van der Waals surface area contributed by atoms with Crippen molar-refractivity contribution in [3.8, 4) is 22.6 Å². The number of nitrogens with two attached hydrogens (primary N) is 2. The number of fused-ring (bicyclic) bond motifs is 7. The van der Waals surface area contributed by atoms with Gasteiger partial charge in [0.1, 0.15) is 41.6 Å². The van der Waals surface area contributed by atoms with Crippen molar-refractivity contribution >= 4 is 146 Å². The van der Waals surface area contributed by atoms with Gasteiger partial charge in [-0.2, -0.15) is 0 Å². The van der Waals surface area contributed by atoms with E-state index in [1.807, 2.05) is 48.5 Å². The zero-order valence-corrected chi connectivity index (χ0v) is 64.2. The van der Waals surface area contributed by atoms with Crippen molar-refractivity contribution in [3.05, 3.63) is 324 Å². The van der Waals surface area contributed by atoms with E-state index in [2.05, 4.69) is 233 Å². The van der Waals surface area contributed by atoms with Gasteiger partial charge in [0, 0.05) is 22.4 Å². The molecular formula is C86H79F2N4O10PS2Si2. The Morgan fingerprint density at radius 2 is 0.897 bits per heavy atom. The van der Waals surface area contributed by atoms with Crippen LogP contribution >= 0.6 is 32.3 Å². The van der Waals surface area contributed by atoms with Crippen molar-refractivity contribution in [1.82, 2.24) is 10.6 Å². The Kier molecular flexibility index (Phi) is 26.0. The highest BCUT2D eigenvalue weighted by atomic mass is 32.1. The molecule has 2 aliphatic heterocycles. The predicted molar refractivity (Wildman–Crippen MR) is 437 cm³/mol. The molecule has 0 aliphatic carbocycles. The van der Waals surface area contributed by atoms with Gasteiger partial charge in [0.15, 0.2) is 26.4 Å². The van der Waals surface area contributed by atoms with Crippen molar-refractivity contribution in [1.29, 1.82) is 0 Å². The van der Waals surface area contributed by atoms with E-state index in [9.17, 15) is 32.9 Å². The topological polar surface area (TPSA) is 219 Å². The quantitative estimate of drug-likeness (QED) is 0.0123. The lowest BCUT2D eigenvalue weighted by atomic mass is 9.92. The van der Waals surface area contributed by atoms with Crippen molar-refractivity contribution in [3.63, 3.8) is 0 Å². The summed E-state index contributed by atoms with van der Waals surface area (Å²) in [6.45, 7) is 10.4. The molecule has 21 heteroatoms. The average molecular weight is 1520 g/mol. The first-order valence-corrected chi connectivity index (χ1v) is 40.7. The second kappa shape index (κ2) is 35.6. The fraction of sp³-hybridized carbons (Fsp3) is 0.116. The van der Waals surface area contributed by atoms with Crippen LogP contribution in [0.25, 0.3) is 32.7 Å². The van der Waals surface area contributed by atoms with Gasteiger partial charge in [-0.25, -0.2) is 18.1 Å². The van der Waals surface area contributed by atoms with E-state index >= 15 is 4.57 Å². The van der Waals surface area contributed by atoms with Crippen molar-refractivity contribution in [2.45, 2.75) is 54.0 Å². The van der Waals surface area contributed by atoms with Crippen LogP contribution in [0.15, 0.2) is 290 Å². The molecule has 0 unspecified atom stereocenters.